The van der Waals surface area contributed by atoms with Crippen molar-refractivity contribution >= 4 is 0 Å². The van der Waals surface area contributed by atoms with Crippen LogP contribution in [0.1, 0.15) is 12.7 Å². The maximum absolute atomic E-state index is 12.1. The van der Waals surface area contributed by atoms with Crippen molar-refractivity contribution in [1.82, 2.24) is 20.6 Å². The van der Waals surface area contributed by atoms with Gasteiger partial charge in [-0.15, -0.1) is 5.10 Å². The van der Waals surface area contributed by atoms with E-state index in [0.29, 0.717) is 0 Å². The number of hydrogen-bond acceptors (Lipinski definition) is 3. The predicted octanol–water partition coefficient (Wildman–Crippen LogP) is 0.311. The Morgan fingerprint density at radius 1 is 1.56 bits per heavy atom. The summed E-state index contributed by atoms with van der Waals surface area (Å²) in [4.78, 5) is 0. The van der Waals surface area contributed by atoms with Crippen molar-refractivity contribution in [3.05, 3.63) is 5.82 Å². The number of aromatic nitrogens is 4. The van der Waals surface area contributed by atoms with Gasteiger partial charge in [-0.1, -0.05) is 0 Å². The summed E-state index contributed by atoms with van der Waals surface area (Å²) in [6, 6.07) is 0. The second-order valence-electron chi connectivity index (χ2n) is 1.64. The van der Waals surface area contributed by atoms with Crippen molar-refractivity contribution in [3.8, 4) is 0 Å². The third kappa shape index (κ3) is 1.18. The van der Waals surface area contributed by atoms with Crippen LogP contribution in [0, 0.1) is 0 Å². The van der Waals surface area contributed by atoms with Crippen molar-refractivity contribution in [1.29, 1.82) is 0 Å². The summed E-state index contributed by atoms with van der Waals surface area (Å²) in [5.41, 5.74) is 0. The molecule has 6 heteroatoms. The van der Waals surface area contributed by atoms with E-state index in [1.807, 2.05) is 5.10 Å². The Labute approximate surface area is 49.3 Å². The molecule has 9 heavy (non-hydrogen) atoms. The molecule has 0 radical (unpaired) electrons. The van der Waals surface area contributed by atoms with Gasteiger partial charge in [-0.25, -0.2) is 5.10 Å². The number of tetrazole rings is 1. The third-order valence-electron chi connectivity index (χ3n) is 0.761. The van der Waals surface area contributed by atoms with Gasteiger partial charge in [0.1, 0.15) is 0 Å². The first kappa shape index (κ1) is 6.06. The third-order valence-corrected chi connectivity index (χ3v) is 0.761. The number of nitrogens with one attached hydrogen (secondary N) is 1. The lowest BCUT2D eigenvalue weighted by Crippen LogP contribution is -2.09. The molecule has 0 saturated carbocycles. The van der Waals surface area contributed by atoms with Crippen molar-refractivity contribution in [2.45, 2.75) is 12.8 Å². The summed E-state index contributed by atoms with van der Waals surface area (Å²) in [6.45, 7) is 0.717. The van der Waals surface area contributed by atoms with Crippen LogP contribution in [0.25, 0.3) is 0 Å². The fourth-order valence-electron chi connectivity index (χ4n) is 0.345. The first-order chi connectivity index (χ1) is 4.11. The van der Waals surface area contributed by atoms with Crippen molar-refractivity contribution in [3.63, 3.8) is 0 Å². The average molecular weight is 134 g/mol. The summed E-state index contributed by atoms with van der Waals surface area (Å²) in [5, 5.41) is 11.0. The lowest BCUT2D eigenvalue weighted by molar-refractivity contribution is 0.00775. The lowest BCUT2D eigenvalue weighted by atomic mass is 10.4. The highest BCUT2D eigenvalue weighted by atomic mass is 19.3. The van der Waals surface area contributed by atoms with Crippen LogP contribution in [-0.4, -0.2) is 20.6 Å². The minimum atomic E-state index is -2.97. The molecule has 1 N–H and O–H groups in total. The molecule has 0 aliphatic heterocycles. The lowest BCUT2D eigenvalue weighted by Gasteiger charge is -2.01. The molecule has 1 aromatic rings. The maximum atomic E-state index is 12.1. The highest BCUT2D eigenvalue weighted by molar-refractivity contribution is 4.85. The molecule has 0 amide bonds. The van der Waals surface area contributed by atoms with Crippen molar-refractivity contribution in [2.75, 3.05) is 0 Å². The molecular formula is C3H4F2N4. The minimum absolute atomic E-state index is 0.512. The summed E-state index contributed by atoms with van der Waals surface area (Å²) in [6.07, 6.45) is 0. The second kappa shape index (κ2) is 1.71. The van der Waals surface area contributed by atoms with Gasteiger partial charge >= 0.3 is 5.92 Å². The quantitative estimate of drug-likeness (QED) is 0.601. The van der Waals surface area contributed by atoms with Crippen LogP contribution in [0.4, 0.5) is 8.78 Å². The maximum Gasteiger partial charge on any atom is 0.305 e. The Hall–Kier alpha value is -1.07. The standard InChI is InChI=1S/C3H4F2N4/c1-3(4,5)2-6-8-9-7-2/h1H3,(H,6,7,8,9). The molecule has 0 unspecified atom stereocenters. The van der Waals surface area contributed by atoms with Gasteiger partial charge in [0.25, 0.3) is 0 Å². The van der Waals surface area contributed by atoms with E-state index in [1.165, 1.54) is 0 Å². The van der Waals surface area contributed by atoms with Gasteiger partial charge in [0.15, 0.2) is 0 Å². The average Bonchev–Trinajstić information content (AvgIpc) is 2.08. The highest BCUT2D eigenvalue weighted by Gasteiger charge is 2.28. The molecule has 0 fully saturated rings. The van der Waals surface area contributed by atoms with E-state index < -0.39 is 11.7 Å². The molecular weight excluding hydrogens is 130 g/mol. The minimum Gasteiger partial charge on any atom is -0.238 e. The first-order valence-corrected chi connectivity index (χ1v) is 2.23. The second-order valence-corrected chi connectivity index (χ2v) is 1.64. The summed E-state index contributed by atoms with van der Waals surface area (Å²) in [7, 11) is 0. The molecule has 0 aliphatic rings. The molecule has 0 saturated heterocycles. The van der Waals surface area contributed by atoms with Gasteiger partial charge in [0.2, 0.25) is 5.82 Å². The normalized spacial score (nSPS) is 11.9. The largest absolute Gasteiger partial charge is 0.305 e. The number of halogens is 2. The smallest absolute Gasteiger partial charge is 0.238 e. The zero-order chi connectivity index (χ0) is 6.91. The van der Waals surface area contributed by atoms with Crippen molar-refractivity contribution < 1.29 is 8.78 Å². The Bertz CT molecular complexity index is 176. The topological polar surface area (TPSA) is 54.5 Å². The number of nitrogens with zero attached hydrogens (tertiary/aromatic N) is 3. The van der Waals surface area contributed by atoms with Gasteiger partial charge in [0, 0.05) is 6.92 Å². The van der Waals surface area contributed by atoms with Crippen LogP contribution in [0.5, 0.6) is 0 Å². The van der Waals surface area contributed by atoms with E-state index in [2.05, 4.69) is 15.5 Å². The number of aromatic amines is 1. The van der Waals surface area contributed by atoms with E-state index in [0.717, 1.165) is 6.92 Å². The molecule has 1 heterocycles. The fraction of sp³-hybridized carbons (Fsp3) is 0.667. The monoisotopic (exact) mass is 134 g/mol. The Morgan fingerprint density at radius 3 is 2.44 bits per heavy atom. The fourth-order valence-corrected chi connectivity index (χ4v) is 0.345. The number of rotatable bonds is 1. The summed E-state index contributed by atoms with van der Waals surface area (Å²) in [5.74, 6) is -3.48. The van der Waals surface area contributed by atoms with E-state index in [4.69, 9.17) is 0 Å². The molecule has 1 rings (SSSR count). The molecule has 0 aromatic carbocycles. The Balaban J connectivity index is 2.90. The highest BCUT2D eigenvalue weighted by Crippen LogP contribution is 2.21. The Morgan fingerprint density at radius 2 is 2.22 bits per heavy atom. The molecule has 0 bridgehead atoms. The van der Waals surface area contributed by atoms with E-state index >= 15 is 0 Å². The van der Waals surface area contributed by atoms with Gasteiger partial charge in [-0.3, -0.25) is 0 Å². The molecule has 1 aromatic heterocycles. The summed E-state index contributed by atoms with van der Waals surface area (Å²) >= 11 is 0. The van der Waals surface area contributed by atoms with Crippen molar-refractivity contribution in [2.24, 2.45) is 0 Å². The predicted molar refractivity (Wildman–Crippen MR) is 23.7 cm³/mol. The molecule has 4 nitrogen and oxygen atoms in total. The molecule has 50 valence electrons. The Kier molecular flexibility index (Phi) is 1.15. The number of alkyl halides is 2. The molecule has 0 spiro atoms. The zero-order valence-electron chi connectivity index (χ0n) is 4.60. The van der Waals surface area contributed by atoms with Gasteiger partial charge in [-0.05, 0) is 10.4 Å². The van der Waals surface area contributed by atoms with Crippen LogP contribution >= 0.6 is 0 Å². The van der Waals surface area contributed by atoms with Gasteiger partial charge in [-0.2, -0.15) is 8.78 Å². The van der Waals surface area contributed by atoms with Crippen LogP contribution < -0.4 is 0 Å². The number of hydrogen-bond donors (Lipinski definition) is 1. The molecule has 0 aliphatic carbocycles. The zero-order valence-corrected chi connectivity index (χ0v) is 4.60. The number of H-pyrrole nitrogens is 1. The van der Waals surface area contributed by atoms with E-state index in [1.54, 1.807) is 0 Å². The summed E-state index contributed by atoms with van der Waals surface area (Å²) < 4.78 is 24.2. The SMILES string of the molecule is CC(F)(F)c1nnn[nH]1. The van der Waals surface area contributed by atoms with Crippen LogP contribution in [0.3, 0.4) is 0 Å². The van der Waals surface area contributed by atoms with Crippen LogP contribution in [0.2, 0.25) is 0 Å². The van der Waals surface area contributed by atoms with Crippen LogP contribution in [0.15, 0.2) is 0 Å². The first-order valence-electron chi connectivity index (χ1n) is 2.23. The molecule has 0 atom stereocenters. The van der Waals surface area contributed by atoms with Gasteiger partial charge < -0.3 is 0 Å². The van der Waals surface area contributed by atoms with E-state index in [9.17, 15) is 8.78 Å². The van der Waals surface area contributed by atoms with Gasteiger partial charge in [0.05, 0.1) is 0 Å². The van der Waals surface area contributed by atoms with E-state index in [-0.39, 0.29) is 0 Å². The van der Waals surface area contributed by atoms with Crippen LogP contribution in [-0.2, 0) is 5.92 Å².